The predicted molar refractivity (Wildman–Crippen MR) is 139 cm³/mol. The maximum absolute atomic E-state index is 13.6. The fourth-order valence-electron chi connectivity index (χ4n) is 3.56. The summed E-state index contributed by atoms with van der Waals surface area (Å²) in [6, 6.07) is 10.9. The molecule has 2 rings (SSSR count). The van der Waals surface area contributed by atoms with Crippen molar-refractivity contribution in [3.05, 3.63) is 69.2 Å². The molecule has 0 fully saturated rings. The molecule has 36 heavy (non-hydrogen) atoms. The van der Waals surface area contributed by atoms with Gasteiger partial charge in [-0.3, -0.25) is 24.0 Å². The number of nitrogens with zero attached hydrogens (tertiary/aromatic N) is 3. The Morgan fingerprint density at radius 1 is 1.14 bits per heavy atom. The number of carbonyl (C=O) groups is 2. The number of sulfonamides is 1. The van der Waals surface area contributed by atoms with Gasteiger partial charge in [0, 0.05) is 29.2 Å². The van der Waals surface area contributed by atoms with E-state index in [-0.39, 0.29) is 24.3 Å². The molecule has 0 aromatic heterocycles. The van der Waals surface area contributed by atoms with Crippen LogP contribution in [0.4, 0.5) is 11.4 Å². The van der Waals surface area contributed by atoms with E-state index in [0.29, 0.717) is 10.6 Å². The van der Waals surface area contributed by atoms with Crippen LogP contribution in [0.5, 0.6) is 0 Å². The minimum Gasteiger partial charge on any atom is -0.350 e. The van der Waals surface area contributed by atoms with E-state index < -0.39 is 44.9 Å². The molecule has 2 aromatic carbocycles. The van der Waals surface area contributed by atoms with Crippen LogP contribution in [0, 0.1) is 10.1 Å². The highest BCUT2D eigenvalue weighted by molar-refractivity contribution is 7.92. The normalized spacial score (nSPS) is 12.5. The van der Waals surface area contributed by atoms with Crippen LogP contribution in [0.25, 0.3) is 0 Å². The van der Waals surface area contributed by atoms with E-state index in [1.807, 2.05) is 20.8 Å². The molecule has 196 valence electrons. The summed E-state index contributed by atoms with van der Waals surface area (Å²) in [4.78, 5) is 38.6. The minimum absolute atomic E-state index is 0.0371. The van der Waals surface area contributed by atoms with Crippen molar-refractivity contribution < 1.29 is 22.9 Å². The molecule has 0 aliphatic heterocycles. The molecule has 0 aliphatic rings. The van der Waals surface area contributed by atoms with E-state index in [9.17, 15) is 28.1 Å². The smallest absolute Gasteiger partial charge is 0.271 e. The first-order chi connectivity index (χ1) is 16.6. The van der Waals surface area contributed by atoms with E-state index in [4.69, 9.17) is 11.6 Å². The molecule has 1 N–H and O–H groups in total. The number of hydrogen-bond acceptors (Lipinski definition) is 6. The van der Waals surface area contributed by atoms with Gasteiger partial charge < -0.3 is 10.2 Å². The number of non-ortho nitro benzene ring substituents is 1. The average Bonchev–Trinajstić information content (AvgIpc) is 2.76. The highest BCUT2D eigenvalue weighted by Gasteiger charge is 2.33. The van der Waals surface area contributed by atoms with Gasteiger partial charge in [-0.1, -0.05) is 42.8 Å². The molecule has 10 nitrogen and oxygen atoms in total. The lowest BCUT2D eigenvalue weighted by atomic mass is 10.1. The fourth-order valence-corrected chi connectivity index (χ4v) is 4.59. The van der Waals surface area contributed by atoms with Crippen LogP contribution in [0.1, 0.15) is 39.7 Å². The van der Waals surface area contributed by atoms with Gasteiger partial charge >= 0.3 is 0 Å². The third-order valence-corrected chi connectivity index (χ3v) is 6.70. The molecule has 2 amide bonds. The van der Waals surface area contributed by atoms with Crippen LogP contribution >= 0.6 is 11.6 Å². The van der Waals surface area contributed by atoms with Crippen molar-refractivity contribution in [1.29, 1.82) is 0 Å². The number of rotatable bonds is 10. The van der Waals surface area contributed by atoms with E-state index in [1.54, 1.807) is 31.2 Å². The Morgan fingerprint density at radius 3 is 2.31 bits per heavy atom. The van der Waals surface area contributed by atoms with Crippen LogP contribution in [0.2, 0.25) is 5.02 Å². The lowest BCUT2D eigenvalue weighted by molar-refractivity contribution is -0.384. The first-order valence-corrected chi connectivity index (χ1v) is 13.4. The summed E-state index contributed by atoms with van der Waals surface area (Å²) in [5.74, 6) is -1.06. The number of carbonyl (C=O) groups excluding carboxylic acids is 2. The van der Waals surface area contributed by atoms with Gasteiger partial charge in [0.1, 0.15) is 12.6 Å². The van der Waals surface area contributed by atoms with Crippen LogP contribution in [0.15, 0.2) is 48.5 Å². The van der Waals surface area contributed by atoms with Gasteiger partial charge in [0.15, 0.2) is 0 Å². The zero-order valence-electron chi connectivity index (χ0n) is 20.9. The molecule has 0 aliphatic carbocycles. The van der Waals surface area contributed by atoms with Gasteiger partial charge in [0.25, 0.3) is 5.69 Å². The maximum Gasteiger partial charge on any atom is 0.271 e. The fraction of sp³-hybridized carbons (Fsp3) is 0.417. The Kier molecular flexibility index (Phi) is 9.44. The second-order valence-corrected chi connectivity index (χ2v) is 11.6. The number of hydrogen-bond donors (Lipinski definition) is 1. The highest BCUT2D eigenvalue weighted by atomic mass is 35.5. The van der Waals surface area contributed by atoms with E-state index >= 15 is 0 Å². The lowest BCUT2D eigenvalue weighted by Crippen LogP contribution is -2.55. The molecule has 0 unspecified atom stereocenters. The molecule has 1 atom stereocenters. The summed E-state index contributed by atoms with van der Waals surface area (Å²) in [6.45, 7) is 6.47. The van der Waals surface area contributed by atoms with Gasteiger partial charge in [-0.25, -0.2) is 8.42 Å². The van der Waals surface area contributed by atoms with Crippen molar-refractivity contribution >= 4 is 44.8 Å². The first kappa shape index (κ1) is 29.1. The molecule has 0 saturated carbocycles. The highest BCUT2D eigenvalue weighted by Crippen LogP contribution is 2.25. The van der Waals surface area contributed by atoms with E-state index in [2.05, 4.69) is 5.32 Å². The number of anilines is 1. The predicted octanol–water partition coefficient (Wildman–Crippen LogP) is 3.74. The summed E-state index contributed by atoms with van der Waals surface area (Å²) in [5.41, 5.74) is -0.344. The molecular formula is C24H31ClN4O6S. The third kappa shape index (κ3) is 7.92. The van der Waals surface area contributed by atoms with Crippen LogP contribution < -0.4 is 9.62 Å². The largest absolute Gasteiger partial charge is 0.350 e. The third-order valence-electron chi connectivity index (χ3n) is 5.19. The summed E-state index contributed by atoms with van der Waals surface area (Å²) >= 11 is 6.32. The summed E-state index contributed by atoms with van der Waals surface area (Å²) in [5, 5.41) is 14.5. The molecule has 0 radical (unpaired) electrons. The van der Waals surface area contributed by atoms with Crippen LogP contribution in [-0.2, 0) is 26.2 Å². The second kappa shape index (κ2) is 11.7. The van der Waals surface area contributed by atoms with Gasteiger partial charge in [-0.05, 0) is 44.9 Å². The molecule has 12 heteroatoms. The van der Waals surface area contributed by atoms with Crippen molar-refractivity contribution in [3.63, 3.8) is 0 Å². The van der Waals surface area contributed by atoms with E-state index in [1.165, 1.54) is 23.1 Å². The summed E-state index contributed by atoms with van der Waals surface area (Å²) in [7, 11) is -4.01. The molecule has 0 spiro atoms. The molecular weight excluding hydrogens is 508 g/mol. The number of nitrogens with one attached hydrogen (secondary N) is 1. The second-order valence-electron chi connectivity index (χ2n) is 9.32. The molecule has 2 aromatic rings. The topological polar surface area (TPSA) is 130 Å². The van der Waals surface area contributed by atoms with Crippen LogP contribution in [0.3, 0.4) is 0 Å². The van der Waals surface area contributed by atoms with Gasteiger partial charge in [-0.2, -0.15) is 0 Å². The Hall–Kier alpha value is -3.18. The Morgan fingerprint density at radius 2 is 1.78 bits per heavy atom. The Bertz CT molecular complexity index is 1230. The van der Waals surface area contributed by atoms with Gasteiger partial charge in [0.05, 0.1) is 16.9 Å². The molecule has 0 bridgehead atoms. The summed E-state index contributed by atoms with van der Waals surface area (Å²) < 4.78 is 26.0. The number of benzene rings is 2. The molecule has 0 saturated heterocycles. The van der Waals surface area contributed by atoms with E-state index in [0.717, 1.165) is 16.6 Å². The number of nitro groups is 1. The zero-order chi connectivity index (χ0) is 27.3. The average molecular weight is 539 g/mol. The van der Waals surface area contributed by atoms with Crippen molar-refractivity contribution in [2.24, 2.45) is 0 Å². The van der Waals surface area contributed by atoms with Crippen molar-refractivity contribution in [2.75, 3.05) is 17.1 Å². The molecule has 0 heterocycles. The number of halogens is 1. The monoisotopic (exact) mass is 538 g/mol. The zero-order valence-corrected chi connectivity index (χ0v) is 22.5. The summed E-state index contributed by atoms with van der Waals surface area (Å²) in [6.07, 6.45) is 1.16. The Labute approximate surface area is 216 Å². The maximum atomic E-state index is 13.6. The number of nitro benzene ring substituents is 1. The van der Waals surface area contributed by atoms with Crippen LogP contribution in [-0.4, -0.2) is 54.4 Å². The SMILES string of the molecule is CC[C@H](C(=O)NC(C)(C)C)N(Cc1ccccc1Cl)C(=O)CN(c1cccc([N+](=O)[O-])c1)S(C)(=O)=O. The lowest BCUT2D eigenvalue weighted by Gasteiger charge is -2.34. The van der Waals surface area contributed by atoms with Gasteiger partial charge in [0.2, 0.25) is 21.8 Å². The van der Waals surface area contributed by atoms with Crippen molar-refractivity contribution in [2.45, 2.75) is 52.2 Å². The quantitative estimate of drug-likeness (QED) is 0.362. The standard InChI is InChI=1S/C24H31ClN4O6S/c1-6-21(23(31)26-24(2,3)4)27(15-17-10-7-8-13-20(17)25)22(30)16-28(36(5,34)35)18-11-9-12-19(14-18)29(32)33/h7-14,21H,6,15-16H2,1-5H3,(H,26,31)/t21-/m1/s1. The number of amides is 2. The first-order valence-electron chi connectivity index (χ1n) is 11.2. The van der Waals surface area contributed by atoms with Gasteiger partial charge in [-0.15, -0.1) is 0 Å². The van der Waals surface area contributed by atoms with Crippen molar-refractivity contribution in [1.82, 2.24) is 10.2 Å². The minimum atomic E-state index is -4.01. The Balaban J connectivity index is 2.51. The van der Waals surface area contributed by atoms with Crippen molar-refractivity contribution in [3.8, 4) is 0 Å².